The van der Waals surface area contributed by atoms with E-state index in [0.29, 0.717) is 11.9 Å². The number of hydrogen-bond acceptors (Lipinski definition) is 8. The Bertz CT molecular complexity index is 619. The zero-order chi connectivity index (χ0) is 16.2. The monoisotopic (exact) mass is 319 g/mol. The van der Waals surface area contributed by atoms with Crippen LogP contribution in [0, 0.1) is 0 Å². The topological polar surface area (TPSA) is 92.4 Å². The van der Waals surface area contributed by atoms with Crippen LogP contribution in [0.3, 0.4) is 0 Å². The van der Waals surface area contributed by atoms with Gasteiger partial charge in [-0.1, -0.05) is 5.21 Å². The van der Waals surface area contributed by atoms with Gasteiger partial charge in [0, 0.05) is 19.3 Å². The van der Waals surface area contributed by atoms with Crippen LogP contribution in [0.4, 0.5) is 5.82 Å². The third kappa shape index (κ3) is 3.40. The first kappa shape index (κ1) is 15.6. The minimum absolute atomic E-state index is 0.0489. The Labute approximate surface area is 134 Å². The van der Waals surface area contributed by atoms with Crippen LogP contribution in [0.5, 0.6) is 5.88 Å². The van der Waals surface area contributed by atoms with E-state index in [-0.39, 0.29) is 19.3 Å². The maximum Gasteiger partial charge on any atom is 0.234 e. The Morgan fingerprint density at radius 1 is 1.35 bits per heavy atom. The highest BCUT2D eigenvalue weighted by molar-refractivity contribution is 5.40. The molecule has 0 aliphatic carbocycles. The molecule has 23 heavy (non-hydrogen) atoms. The fraction of sp³-hybridized carbons (Fsp3) is 0.571. The van der Waals surface area contributed by atoms with Gasteiger partial charge in [0.2, 0.25) is 5.88 Å². The van der Waals surface area contributed by atoms with Gasteiger partial charge in [-0.15, -0.1) is 5.10 Å². The zero-order valence-corrected chi connectivity index (χ0v) is 13.3. The van der Waals surface area contributed by atoms with Crippen LogP contribution in [0.25, 0.3) is 0 Å². The predicted octanol–water partition coefficient (Wildman–Crippen LogP) is -0.569. The van der Waals surface area contributed by atoms with E-state index in [0.717, 1.165) is 18.9 Å². The number of anilines is 1. The maximum atomic E-state index is 8.84. The van der Waals surface area contributed by atoms with Crippen LogP contribution >= 0.6 is 0 Å². The van der Waals surface area contributed by atoms with Gasteiger partial charge in [-0.05, 0) is 14.1 Å². The van der Waals surface area contributed by atoms with Crippen molar-refractivity contribution in [3.8, 4) is 5.88 Å². The van der Waals surface area contributed by atoms with Crippen LogP contribution in [-0.2, 0) is 0 Å². The summed E-state index contributed by atoms with van der Waals surface area (Å²) in [6.45, 7) is 1.74. The quantitative estimate of drug-likeness (QED) is 0.757. The first-order chi connectivity index (χ1) is 11.2. The largest absolute Gasteiger partial charge is 0.474 e. The van der Waals surface area contributed by atoms with Crippen molar-refractivity contribution in [2.45, 2.75) is 12.1 Å². The molecule has 1 saturated heterocycles. The second kappa shape index (κ2) is 6.88. The summed E-state index contributed by atoms with van der Waals surface area (Å²) in [6, 6.07) is 0.483. The van der Waals surface area contributed by atoms with E-state index >= 15 is 0 Å². The molecule has 1 aliphatic rings. The van der Waals surface area contributed by atoms with Gasteiger partial charge < -0.3 is 19.6 Å². The molecule has 124 valence electrons. The lowest BCUT2D eigenvalue weighted by atomic mass is 10.1. The summed E-state index contributed by atoms with van der Waals surface area (Å²) in [7, 11) is 4.12. The number of aliphatic hydroxyl groups is 1. The van der Waals surface area contributed by atoms with Gasteiger partial charge in [-0.3, -0.25) is 4.98 Å². The second-order valence-electron chi connectivity index (χ2n) is 5.67. The number of likely N-dealkylation sites (N-methyl/N-ethyl adjacent to an activating group) is 1. The number of hydrogen-bond donors (Lipinski definition) is 1. The first-order valence-electron chi connectivity index (χ1n) is 7.52. The Morgan fingerprint density at radius 2 is 2.22 bits per heavy atom. The summed E-state index contributed by atoms with van der Waals surface area (Å²) < 4.78 is 7.23. The number of ether oxygens (including phenoxy) is 1. The average Bonchev–Trinajstić information content (AvgIpc) is 3.21. The van der Waals surface area contributed by atoms with E-state index in [4.69, 9.17) is 9.84 Å². The van der Waals surface area contributed by atoms with Crippen molar-refractivity contribution >= 4 is 5.82 Å². The van der Waals surface area contributed by atoms with Crippen molar-refractivity contribution in [2.24, 2.45) is 0 Å². The molecule has 1 fully saturated rings. The number of aliphatic hydroxyl groups excluding tert-OH is 1. The Kier molecular flexibility index (Phi) is 4.68. The van der Waals surface area contributed by atoms with Gasteiger partial charge in [-0.2, -0.15) is 4.98 Å². The number of aromatic nitrogens is 5. The van der Waals surface area contributed by atoms with Crippen LogP contribution in [0.2, 0.25) is 0 Å². The molecule has 1 aliphatic heterocycles. The third-order valence-electron chi connectivity index (χ3n) is 3.97. The second-order valence-corrected chi connectivity index (χ2v) is 5.67. The van der Waals surface area contributed by atoms with Crippen LogP contribution in [-0.4, -0.2) is 81.4 Å². The summed E-state index contributed by atoms with van der Waals surface area (Å²) in [5.74, 6) is 1.18. The van der Waals surface area contributed by atoms with Crippen molar-refractivity contribution in [2.75, 3.05) is 45.3 Å². The fourth-order valence-electron chi connectivity index (χ4n) is 2.83. The van der Waals surface area contributed by atoms with Gasteiger partial charge in [-0.25, -0.2) is 4.68 Å². The molecule has 2 atom stereocenters. The zero-order valence-electron chi connectivity index (χ0n) is 13.3. The predicted molar refractivity (Wildman–Crippen MR) is 83.4 cm³/mol. The van der Waals surface area contributed by atoms with Crippen LogP contribution in [0.1, 0.15) is 6.04 Å². The maximum absolute atomic E-state index is 8.84. The van der Waals surface area contributed by atoms with Crippen molar-refractivity contribution in [1.29, 1.82) is 0 Å². The van der Waals surface area contributed by atoms with Crippen molar-refractivity contribution < 1.29 is 9.84 Å². The summed E-state index contributed by atoms with van der Waals surface area (Å²) in [6.07, 6.45) is 6.85. The fourth-order valence-corrected chi connectivity index (χ4v) is 2.83. The molecular formula is C14H21N7O2. The van der Waals surface area contributed by atoms with E-state index in [9.17, 15) is 0 Å². The van der Waals surface area contributed by atoms with E-state index in [1.165, 1.54) is 0 Å². The van der Waals surface area contributed by atoms with Gasteiger partial charge >= 0.3 is 0 Å². The molecule has 0 aromatic carbocycles. The molecule has 3 rings (SSSR count). The lowest BCUT2D eigenvalue weighted by molar-refractivity contribution is 0.196. The molecule has 3 heterocycles. The molecule has 9 nitrogen and oxygen atoms in total. The van der Waals surface area contributed by atoms with E-state index in [1.54, 1.807) is 18.6 Å². The lowest BCUT2D eigenvalue weighted by Gasteiger charge is -2.24. The van der Waals surface area contributed by atoms with E-state index in [1.807, 2.05) is 10.9 Å². The molecular weight excluding hydrogens is 298 g/mol. The van der Waals surface area contributed by atoms with Crippen molar-refractivity contribution in [1.82, 2.24) is 29.9 Å². The van der Waals surface area contributed by atoms with Gasteiger partial charge in [0.1, 0.15) is 6.61 Å². The molecule has 9 heteroatoms. The Balaban J connectivity index is 1.79. The van der Waals surface area contributed by atoms with Crippen molar-refractivity contribution in [3.05, 3.63) is 24.8 Å². The third-order valence-corrected chi connectivity index (χ3v) is 3.97. The lowest BCUT2D eigenvalue weighted by Crippen LogP contribution is -2.36. The first-order valence-corrected chi connectivity index (χ1v) is 7.52. The molecule has 0 radical (unpaired) electrons. The molecule has 0 spiro atoms. The molecule has 0 unspecified atom stereocenters. The van der Waals surface area contributed by atoms with Gasteiger partial charge in [0.15, 0.2) is 5.82 Å². The standard InChI is InChI=1S/C14H21N7O2/c1-19(2)11-9-20(10-12(11)21-4-3-16-18-21)13-7-15-8-14(17-13)23-6-5-22/h3-4,7-8,11-12,22H,5-6,9-10H2,1-2H3/t11-,12+/m1/s1. The summed E-state index contributed by atoms with van der Waals surface area (Å²) >= 11 is 0. The molecule has 1 N–H and O–H groups in total. The molecule has 0 saturated carbocycles. The SMILES string of the molecule is CN(C)[C@@H]1CN(c2cncc(OCCO)n2)C[C@@H]1n1ccnn1. The smallest absolute Gasteiger partial charge is 0.234 e. The summed E-state index contributed by atoms with van der Waals surface area (Å²) in [4.78, 5) is 13.0. The molecule has 0 bridgehead atoms. The van der Waals surface area contributed by atoms with Crippen molar-refractivity contribution in [3.63, 3.8) is 0 Å². The van der Waals surface area contributed by atoms with Gasteiger partial charge in [0.25, 0.3) is 0 Å². The number of nitrogens with zero attached hydrogens (tertiary/aromatic N) is 7. The summed E-state index contributed by atoms with van der Waals surface area (Å²) in [5, 5.41) is 16.9. The minimum atomic E-state index is -0.0489. The number of rotatable bonds is 6. The Morgan fingerprint density at radius 3 is 2.91 bits per heavy atom. The minimum Gasteiger partial charge on any atom is -0.474 e. The normalized spacial score (nSPS) is 21.1. The van der Waals surface area contributed by atoms with Gasteiger partial charge in [0.05, 0.1) is 37.3 Å². The molecule has 2 aromatic rings. The average molecular weight is 319 g/mol. The Hall–Kier alpha value is -2.26. The van der Waals surface area contributed by atoms with Crippen LogP contribution < -0.4 is 9.64 Å². The highest BCUT2D eigenvalue weighted by Gasteiger charge is 2.36. The van der Waals surface area contributed by atoms with E-state index < -0.39 is 0 Å². The van der Waals surface area contributed by atoms with Crippen LogP contribution in [0.15, 0.2) is 24.8 Å². The summed E-state index contributed by atoms with van der Waals surface area (Å²) in [5.41, 5.74) is 0. The highest BCUT2D eigenvalue weighted by Crippen LogP contribution is 2.28. The molecule has 0 amide bonds. The van der Waals surface area contributed by atoms with E-state index in [2.05, 4.69) is 44.2 Å². The molecule has 2 aromatic heterocycles. The highest BCUT2D eigenvalue weighted by atomic mass is 16.5.